The molecule has 0 radical (unpaired) electrons. The van der Waals surface area contributed by atoms with Crippen LogP contribution in [0, 0.1) is 0 Å². The molecule has 2 aromatic carbocycles. The number of amides is 3. The Hall–Kier alpha value is -2.86. The van der Waals surface area contributed by atoms with E-state index in [9.17, 15) is 14.7 Å². The first-order chi connectivity index (χ1) is 14.8. The topological polar surface area (TPSA) is 81.7 Å². The van der Waals surface area contributed by atoms with Crippen LogP contribution >= 0.6 is 0 Å². The molecule has 1 saturated carbocycles. The Morgan fingerprint density at radius 2 is 1.84 bits per heavy atom. The molecule has 0 atom stereocenters. The van der Waals surface area contributed by atoms with Gasteiger partial charge in [0.05, 0.1) is 18.7 Å². The number of nitrogens with zero attached hydrogens (tertiary/aromatic N) is 1. The largest absolute Gasteiger partial charge is 0.385 e. The SMILES string of the molecule is CC(C)c1ccc(C2(O)CCC(Nc3cccc(CN4C(=O)CNC4=O)c3)CC2)cc1. The van der Waals surface area contributed by atoms with Gasteiger partial charge in [-0.3, -0.25) is 9.69 Å². The highest BCUT2D eigenvalue weighted by atomic mass is 16.3. The highest BCUT2D eigenvalue weighted by Crippen LogP contribution is 2.38. The fourth-order valence-electron chi connectivity index (χ4n) is 4.50. The van der Waals surface area contributed by atoms with Gasteiger partial charge in [-0.2, -0.15) is 0 Å². The fourth-order valence-corrected chi connectivity index (χ4v) is 4.50. The highest BCUT2D eigenvalue weighted by molar-refractivity contribution is 6.01. The second-order valence-corrected chi connectivity index (χ2v) is 9.07. The zero-order chi connectivity index (χ0) is 22.0. The second-order valence-electron chi connectivity index (χ2n) is 9.07. The monoisotopic (exact) mass is 421 g/mol. The number of benzene rings is 2. The van der Waals surface area contributed by atoms with Crippen LogP contribution in [0.2, 0.25) is 0 Å². The lowest BCUT2D eigenvalue weighted by Gasteiger charge is -2.37. The molecule has 1 aliphatic carbocycles. The van der Waals surface area contributed by atoms with Crippen molar-refractivity contribution < 1.29 is 14.7 Å². The van der Waals surface area contributed by atoms with Gasteiger partial charge < -0.3 is 15.7 Å². The Labute approximate surface area is 183 Å². The molecule has 6 nitrogen and oxygen atoms in total. The number of carbonyl (C=O) groups excluding carboxylic acids is 2. The summed E-state index contributed by atoms with van der Waals surface area (Å²) in [6.07, 6.45) is 3.18. The number of imide groups is 1. The number of carbonyl (C=O) groups is 2. The maximum atomic E-state index is 11.8. The van der Waals surface area contributed by atoms with Crippen molar-refractivity contribution in [1.29, 1.82) is 0 Å². The van der Waals surface area contributed by atoms with Crippen molar-refractivity contribution >= 4 is 17.6 Å². The number of nitrogens with one attached hydrogen (secondary N) is 2. The normalized spacial score (nSPS) is 23.9. The van der Waals surface area contributed by atoms with Crippen molar-refractivity contribution in [2.75, 3.05) is 11.9 Å². The van der Waals surface area contributed by atoms with Gasteiger partial charge in [-0.1, -0.05) is 50.2 Å². The van der Waals surface area contributed by atoms with Crippen LogP contribution in [-0.2, 0) is 16.9 Å². The molecule has 2 fully saturated rings. The van der Waals surface area contributed by atoms with E-state index in [1.165, 1.54) is 10.5 Å². The Kier molecular flexibility index (Phi) is 6.01. The average Bonchev–Trinajstić information content (AvgIpc) is 3.08. The Bertz CT molecular complexity index is 931. The van der Waals surface area contributed by atoms with E-state index in [0.717, 1.165) is 29.7 Å². The van der Waals surface area contributed by atoms with Gasteiger partial charge in [-0.05, 0) is 60.4 Å². The van der Waals surface area contributed by atoms with Crippen molar-refractivity contribution in [2.45, 2.75) is 63.6 Å². The van der Waals surface area contributed by atoms with Crippen LogP contribution in [0.25, 0.3) is 0 Å². The molecule has 1 aliphatic heterocycles. The van der Waals surface area contributed by atoms with Gasteiger partial charge >= 0.3 is 6.03 Å². The third-order valence-corrected chi connectivity index (χ3v) is 6.50. The number of hydrogen-bond donors (Lipinski definition) is 3. The molecule has 3 amide bonds. The van der Waals surface area contributed by atoms with Gasteiger partial charge in [0.15, 0.2) is 0 Å². The summed E-state index contributed by atoms with van der Waals surface area (Å²) in [6.45, 7) is 4.69. The van der Waals surface area contributed by atoms with Crippen LogP contribution in [-0.4, -0.2) is 34.5 Å². The molecule has 1 heterocycles. The molecular weight excluding hydrogens is 390 g/mol. The molecule has 0 aromatic heterocycles. The maximum Gasteiger partial charge on any atom is 0.324 e. The third kappa shape index (κ3) is 4.74. The van der Waals surface area contributed by atoms with E-state index in [1.807, 2.05) is 24.3 Å². The fraction of sp³-hybridized carbons (Fsp3) is 0.440. The summed E-state index contributed by atoms with van der Waals surface area (Å²) >= 11 is 0. The zero-order valence-electron chi connectivity index (χ0n) is 18.2. The molecule has 0 spiro atoms. The first-order valence-corrected chi connectivity index (χ1v) is 11.1. The first-order valence-electron chi connectivity index (χ1n) is 11.1. The lowest BCUT2D eigenvalue weighted by atomic mass is 9.77. The molecule has 0 bridgehead atoms. The summed E-state index contributed by atoms with van der Waals surface area (Å²) in [4.78, 5) is 24.8. The molecule has 6 heteroatoms. The molecule has 4 rings (SSSR count). The molecule has 1 saturated heterocycles. The summed E-state index contributed by atoms with van der Waals surface area (Å²) < 4.78 is 0. The predicted octanol–water partition coefficient (Wildman–Crippen LogP) is 4.10. The maximum absolute atomic E-state index is 11.8. The molecule has 0 unspecified atom stereocenters. The summed E-state index contributed by atoms with van der Waals surface area (Å²) in [5.74, 6) is 0.286. The van der Waals surface area contributed by atoms with Gasteiger partial charge in [0, 0.05) is 11.7 Å². The summed E-state index contributed by atoms with van der Waals surface area (Å²) in [5.41, 5.74) is 3.41. The van der Waals surface area contributed by atoms with Gasteiger partial charge in [-0.25, -0.2) is 4.79 Å². The Morgan fingerprint density at radius 1 is 1.13 bits per heavy atom. The van der Waals surface area contributed by atoms with E-state index >= 15 is 0 Å². The van der Waals surface area contributed by atoms with E-state index in [2.05, 4.69) is 48.7 Å². The van der Waals surface area contributed by atoms with Crippen LogP contribution in [0.15, 0.2) is 48.5 Å². The molecule has 31 heavy (non-hydrogen) atoms. The summed E-state index contributed by atoms with van der Waals surface area (Å²) in [6, 6.07) is 16.2. The van der Waals surface area contributed by atoms with Gasteiger partial charge in [-0.15, -0.1) is 0 Å². The molecule has 2 aliphatic rings. The van der Waals surface area contributed by atoms with E-state index in [4.69, 9.17) is 0 Å². The van der Waals surface area contributed by atoms with Gasteiger partial charge in [0.1, 0.15) is 0 Å². The third-order valence-electron chi connectivity index (χ3n) is 6.50. The van der Waals surface area contributed by atoms with Crippen LogP contribution in [0.5, 0.6) is 0 Å². The number of urea groups is 1. The van der Waals surface area contributed by atoms with Crippen molar-refractivity contribution in [3.05, 3.63) is 65.2 Å². The van der Waals surface area contributed by atoms with E-state index < -0.39 is 5.60 Å². The van der Waals surface area contributed by atoms with Crippen LogP contribution in [0.1, 0.15) is 62.1 Å². The first kappa shape index (κ1) is 21.4. The minimum absolute atomic E-state index is 0.0714. The van der Waals surface area contributed by atoms with Crippen LogP contribution < -0.4 is 10.6 Å². The number of rotatable bonds is 6. The van der Waals surface area contributed by atoms with E-state index in [-0.39, 0.29) is 31.1 Å². The number of anilines is 1. The lowest BCUT2D eigenvalue weighted by Crippen LogP contribution is -2.36. The lowest BCUT2D eigenvalue weighted by molar-refractivity contribution is -0.125. The average molecular weight is 422 g/mol. The minimum atomic E-state index is -0.765. The predicted molar refractivity (Wildman–Crippen MR) is 121 cm³/mol. The van der Waals surface area contributed by atoms with Crippen molar-refractivity contribution in [1.82, 2.24) is 10.2 Å². The minimum Gasteiger partial charge on any atom is -0.385 e. The smallest absolute Gasteiger partial charge is 0.324 e. The van der Waals surface area contributed by atoms with Gasteiger partial charge in [0.25, 0.3) is 0 Å². The van der Waals surface area contributed by atoms with Crippen LogP contribution in [0.4, 0.5) is 10.5 Å². The molecule has 164 valence electrons. The quantitative estimate of drug-likeness (QED) is 0.613. The van der Waals surface area contributed by atoms with E-state index in [0.29, 0.717) is 18.8 Å². The zero-order valence-corrected chi connectivity index (χ0v) is 18.2. The number of hydrogen-bond acceptors (Lipinski definition) is 4. The molecule has 2 aromatic rings. The highest BCUT2D eigenvalue weighted by Gasteiger charge is 2.35. The number of aliphatic hydroxyl groups is 1. The Balaban J connectivity index is 1.35. The van der Waals surface area contributed by atoms with Gasteiger partial charge in [0.2, 0.25) is 5.91 Å². The standard InChI is InChI=1S/C25H31N3O3/c1-17(2)19-6-8-20(9-7-19)25(31)12-10-21(11-13-25)27-22-5-3-4-18(14-22)16-28-23(29)15-26-24(28)30/h3-9,14,17,21,27,31H,10-13,15-16H2,1-2H3,(H,26,30). The summed E-state index contributed by atoms with van der Waals surface area (Å²) in [7, 11) is 0. The second kappa shape index (κ2) is 8.71. The van der Waals surface area contributed by atoms with Crippen molar-refractivity contribution in [2.24, 2.45) is 0 Å². The molecular formula is C25H31N3O3. The van der Waals surface area contributed by atoms with Crippen LogP contribution in [0.3, 0.4) is 0 Å². The Morgan fingerprint density at radius 3 is 2.45 bits per heavy atom. The summed E-state index contributed by atoms with van der Waals surface area (Å²) in [5, 5.41) is 17.3. The van der Waals surface area contributed by atoms with Crippen molar-refractivity contribution in [3.8, 4) is 0 Å². The molecule has 3 N–H and O–H groups in total. The van der Waals surface area contributed by atoms with E-state index in [1.54, 1.807) is 0 Å². The van der Waals surface area contributed by atoms with Crippen molar-refractivity contribution in [3.63, 3.8) is 0 Å².